The monoisotopic (exact) mass is 313 g/mol. The van der Waals surface area contributed by atoms with Crippen LogP contribution in [-0.4, -0.2) is 44.9 Å². The van der Waals surface area contributed by atoms with Gasteiger partial charge in [0.2, 0.25) is 0 Å². The second-order valence-electron chi connectivity index (χ2n) is 6.55. The summed E-state index contributed by atoms with van der Waals surface area (Å²) >= 11 is 0. The van der Waals surface area contributed by atoms with Crippen molar-refractivity contribution in [2.75, 3.05) is 13.6 Å². The van der Waals surface area contributed by atoms with Crippen LogP contribution in [0.4, 0.5) is 0 Å². The van der Waals surface area contributed by atoms with Crippen molar-refractivity contribution >= 4 is 5.91 Å². The second kappa shape index (κ2) is 6.16. The summed E-state index contributed by atoms with van der Waals surface area (Å²) in [7, 11) is 1.74. The lowest BCUT2D eigenvalue weighted by molar-refractivity contribution is 0.0157. The fraction of sp³-hybridized carbons (Fsp3) is 0.444. The van der Waals surface area contributed by atoms with Crippen molar-refractivity contribution in [3.05, 3.63) is 47.8 Å². The molecule has 0 bridgehead atoms. The lowest BCUT2D eigenvalue weighted by atomic mass is 10.0. The Morgan fingerprint density at radius 3 is 2.74 bits per heavy atom. The van der Waals surface area contributed by atoms with E-state index in [-0.39, 0.29) is 5.91 Å². The highest BCUT2D eigenvalue weighted by Crippen LogP contribution is 2.30. The molecule has 1 saturated carbocycles. The maximum Gasteiger partial charge on any atom is 0.256 e. The molecule has 3 rings (SSSR count). The van der Waals surface area contributed by atoms with Gasteiger partial charge in [-0.15, -0.1) is 0 Å². The van der Waals surface area contributed by atoms with Crippen molar-refractivity contribution in [1.29, 1.82) is 0 Å². The number of likely N-dealkylation sites (N-methyl/N-ethyl adjacent to an activating group) is 1. The number of carbonyl (C=O) groups is 1. The molecular weight excluding hydrogens is 290 g/mol. The normalized spacial score (nSPS) is 16.5. The Morgan fingerprint density at radius 1 is 1.35 bits per heavy atom. The van der Waals surface area contributed by atoms with Crippen molar-refractivity contribution in [3.8, 4) is 5.69 Å². The van der Waals surface area contributed by atoms with Gasteiger partial charge in [-0.25, -0.2) is 4.68 Å². The zero-order valence-corrected chi connectivity index (χ0v) is 13.7. The highest BCUT2D eigenvalue weighted by atomic mass is 16.3. The minimum absolute atomic E-state index is 0.106. The van der Waals surface area contributed by atoms with Gasteiger partial charge in [0.25, 0.3) is 5.91 Å². The molecule has 1 aromatic heterocycles. The molecule has 1 aliphatic carbocycles. The molecule has 1 aliphatic rings. The number of aryl methyl sites for hydroxylation is 1. The smallest absolute Gasteiger partial charge is 0.256 e. The van der Waals surface area contributed by atoms with Crippen LogP contribution >= 0.6 is 0 Å². The minimum atomic E-state index is -0.726. The first-order valence-corrected chi connectivity index (χ1v) is 8.07. The Kier molecular flexibility index (Phi) is 4.22. The predicted octanol–water partition coefficient (Wildman–Crippen LogP) is 2.56. The molecule has 1 fully saturated rings. The molecule has 0 unspecified atom stereocenters. The number of amides is 1. The average molecular weight is 313 g/mol. The van der Waals surface area contributed by atoms with Crippen LogP contribution in [0.3, 0.4) is 0 Å². The molecular formula is C18H23N3O2. The molecule has 5 nitrogen and oxygen atoms in total. The van der Waals surface area contributed by atoms with E-state index < -0.39 is 5.60 Å². The first-order chi connectivity index (χ1) is 11.0. The number of hydrogen-bond acceptors (Lipinski definition) is 3. The summed E-state index contributed by atoms with van der Waals surface area (Å²) in [6, 6.07) is 7.92. The third-order valence-corrected chi connectivity index (χ3v) is 4.60. The number of para-hydroxylation sites is 1. The number of aliphatic hydroxyl groups is 1. The number of hydrogen-bond donors (Lipinski definition) is 1. The van der Waals surface area contributed by atoms with E-state index >= 15 is 0 Å². The molecule has 0 spiro atoms. The largest absolute Gasteiger partial charge is 0.388 e. The van der Waals surface area contributed by atoms with E-state index in [1.807, 2.05) is 31.2 Å². The molecule has 0 radical (unpaired) electrons. The number of aromatic nitrogens is 2. The highest BCUT2D eigenvalue weighted by molar-refractivity contribution is 5.93. The van der Waals surface area contributed by atoms with Gasteiger partial charge in [-0.05, 0) is 31.4 Å². The summed E-state index contributed by atoms with van der Waals surface area (Å²) in [4.78, 5) is 14.2. The van der Waals surface area contributed by atoms with Gasteiger partial charge in [-0.2, -0.15) is 5.10 Å². The maximum atomic E-state index is 12.6. The van der Waals surface area contributed by atoms with Crippen molar-refractivity contribution in [1.82, 2.24) is 14.7 Å². The van der Waals surface area contributed by atoms with E-state index in [9.17, 15) is 9.90 Å². The van der Waals surface area contributed by atoms with Crippen LogP contribution < -0.4 is 0 Å². The summed E-state index contributed by atoms with van der Waals surface area (Å²) in [6.07, 6.45) is 6.94. The molecule has 0 atom stereocenters. The second-order valence-corrected chi connectivity index (χ2v) is 6.55. The molecule has 1 N–H and O–H groups in total. The minimum Gasteiger partial charge on any atom is -0.388 e. The molecule has 0 saturated heterocycles. The van der Waals surface area contributed by atoms with Gasteiger partial charge in [0.05, 0.1) is 23.0 Å². The summed E-state index contributed by atoms with van der Waals surface area (Å²) in [5, 5.41) is 14.8. The summed E-state index contributed by atoms with van der Waals surface area (Å²) in [6.45, 7) is 2.39. The van der Waals surface area contributed by atoms with E-state index in [2.05, 4.69) is 5.10 Å². The van der Waals surface area contributed by atoms with E-state index in [1.165, 1.54) is 0 Å². The van der Waals surface area contributed by atoms with Gasteiger partial charge < -0.3 is 10.0 Å². The van der Waals surface area contributed by atoms with Crippen LogP contribution in [-0.2, 0) is 0 Å². The lowest BCUT2D eigenvalue weighted by Crippen LogP contribution is -2.41. The van der Waals surface area contributed by atoms with Gasteiger partial charge in [0, 0.05) is 19.8 Å². The Morgan fingerprint density at radius 2 is 2.04 bits per heavy atom. The van der Waals surface area contributed by atoms with Crippen LogP contribution in [0.15, 0.2) is 36.7 Å². The van der Waals surface area contributed by atoms with E-state index in [4.69, 9.17) is 0 Å². The molecule has 5 heteroatoms. The van der Waals surface area contributed by atoms with Crippen molar-refractivity contribution < 1.29 is 9.90 Å². The molecule has 1 heterocycles. The van der Waals surface area contributed by atoms with Crippen LogP contribution in [0.1, 0.15) is 41.6 Å². The first-order valence-electron chi connectivity index (χ1n) is 8.07. The summed E-state index contributed by atoms with van der Waals surface area (Å²) in [5.74, 6) is -0.106. The van der Waals surface area contributed by atoms with Crippen LogP contribution in [0.5, 0.6) is 0 Å². The van der Waals surface area contributed by atoms with Crippen LogP contribution in [0.25, 0.3) is 5.69 Å². The third-order valence-electron chi connectivity index (χ3n) is 4.60. The highest BCUT2D eigenvalue weighted by Gasteiger charge is 2.33. The molecule has 2 aromatic rings. The summed E-state index contributed by atoms with van der Waals surface area (Å²) in [5.41, 5.74) is 1.88. The number of carbonyl (C=O) groups excluding carboxylic acids is 1. The fourth-order valence-corrected chi connectivity index (χ4v) is 3.31. The summed E-state index contributed by atoms with van der Waals surface area (Å²) < 4.78 is 1.72. The van der Waals surface area contributed by atoms with Crippen molar-refractivity contribution in [2.24, 2.45) is 0 Å². The van der Waals surface area contributed by atoms with Gasteiger partial charge in [-0.3, -0.25) is 4.79 Å². The molecule has 23 heavy (non-hydrogen) atoms. The van der Waals surface area contributed by atoms with Gasteiger partial charge >= 0.3 is 0 Å². The topological polar surface area (TPSA) is 58.4 Å². The molecule has 0 aliphatic heterocycles. The Hall–Kier alpha value is -2.14. The Balaban J connectivity index is 1.74. The van der Waals surface area contributed by atoms with Gasteiger partial charge in [0.15, 0.2) is 0 Å². The molecule has 1 aromatic carbocycles. The standard InChI is InChI=1S/C18H23N3O2/c1-14-7-3-4-8-16(14)21-12-15(11-19-21)17(22)20(2)13-18(23)9-5-6-10-18/h3-4,7-8,11-12,23H,5-6,9-10,13H2,1-2H3. The number of nitrogens with zero attached hydrogens (tertiary/aromatic N) is 3. The maximum absolute atomic E-state index is 12.6. The predicted molar refractivity (Wildman–Crippen MR) is 88.7 cm³/mol. The zero-order valence-electron chi connectivity index (χ0n) is 13.7. The Bertz CT molecular complexity index is 702. The van der Waals surface area contributed by atoms with Crippen LogP contribution in [0.2, 0.25) is 0 Å². The zero-order chi connectivity index (χ0) is 16.4. The van der Waals surface area contributed by atoms with E-state index in [0.717, 1.165) is 36.9 Å². The van der Waals surface area contributed by atoms with E-state index in [1.54, 1.807) is 29.0 Å². The first kappa shape index (κ1) is 15.7. The SMILES string of the molecule is Cc1ccccc1-n1cc(C(=O)N(C)CC2(O)CCCC2)cn1. The Labute approximate surface area is 136 Å². The van der Waals surface area contributed by atoms with E-state index in [0.29, 0.717) is 12.1 Å². The van der Waals surface area contributed by atoms with Gasteiger partial charge in [0.1, 0.15) is 0 Å². The number of benzene rings is 1. The fourth-order valence-electron chi connectivity index (χ4n) is 3.31. The third kappa shape index (κ3) is 3.29. The van der Waals surface area contributed by atoms with Crippen molar-refractivity contribution in [3.63, 3.8) is 0 Å². The lowest BCUT2D eigenvalue weighted by Gasteiger charge is -2.28. The average Bonchev–Trinajstić information content (AvgIpc) is 3.16. The molecule has 122 valence electrons. The van der Waals surface area contributed by atoms with Crippen LogP contribution in [0, 0.1) is 6.92 Å². The molecule has 1 amide bonds. The van der Waals surface area contributed by atoms with Crippen molar-refractivity contribution in [2.45, 2.75) is 38.2 Å². The van der Waals surface area contributed by atoms with Gasteiger partial charge in [-0.1, -0.05) is 31.0 Å². The quantitative estimate of drug-likeness (QED) is 0.944. The number of rotatable bonds is 4.